The lowest BCUT2D eigenvalue weighted by molar-refractivity contribution is 0.482. The van der Waals surface area contributed by atoms with Gasteiger partial charge in [-0.05, 0) is 103 Å². The van der Waals surface area contributed by atoms with Gasteiger partial charge in [0.25, 0.3) is 0 Å². The summed E-state index contributed by atoms with van der Waals surface area (Å²) in [5.41, 5.74) is 8.92. The van der Waals surface area contributed by atoms with Crippen LogP contribution in [0.4, 0.5) is 17.1 Å². The second-order valence-electron chi connectivity index (χ2n) is 14.5. The third-order valence-electron chi connectivity index (χ3n) is 11.5. The summed E-state index contributed by atoms with van der Waals surface area (Å²) in [4.78, 5) is 2.34. The minimum absolute atomic E-state index is 0.836. The van der Waals surface area contributed by atoms with E-state index in [1.54, 1.807) is 0 Å². The molecule has 0 fully saturated rings. The number of hydrogen-bond donors (Lipinski definition) is 0. The number of aromatic nitrogens is 1. The van der Waals surface area contributed by atoms with Crippen LogP contribution in [0, 0.1) is 0 Å². The van der Waals surface area contributed by atoms with Crippen molar-refractivity contribution in [1.29, 1.82) is 0 Å². The van der Waals surface area contributed by atoms with Crippen molar-refractivity contribution in [3.63, 3.8) is 0 Å². The highest BCUT2D eigenvalue weighted by atomic mass is 16.5. The third kappa shape index (κ3) is 4.44. The van der Waals surface area contributed by atoms with Gasteiger partial charge in [-0.25, -0.2) is 0 Å². The molecule has 0 unspecified atom stereocenters. The Morgan fingerprint density at radius 2 is 0.909 bits per heavy atom. The van der Waals surface area contributed by atoms with Gasteiger partial charge in [-0.1, -0.05) is 140 Å². The van der Waals surface area contributed by atoms with Gasteiger partial charge in [0.1, 0.15) is 0 Å². The van der Waals surface area contributed by atoms with Gasteiger partial charge in [-0.2, -0.15) is 0 Å². The molecule has 2 heterocycles. The van der Waals surface area contributed by atoms with E-state index in [0.717, 1.165) is 56.1 Å². The van der Waals surface area contributed by atoms with Gasteiger partial charge < -0.3 is 14.2 Å². The summed E-state index contributed by atoms with van der Waals surface area (Å²) in [5.74, 6) is 1.71. The van der Waals surface area contributed by atoms with Gasteiger partial charge >= 0.3 is 0 Å². The SMILES string of the molecule is c1ccc(N2c3cc(-c4ccc5c6ccccc6n(-c6ccc7c8ccccc8c8ccccc8c7c6)c5c4)ccc3Oc3c2ccc2ccccc32)cc1. The summed E-state index contributed by atoms with van der Waals surface area (Å²) in [6.07, 6.45) is 0. The number of nitrogens with zero attached hydrogens (tertiary/aromatic N) is 2. The molecule has 1 aliphatic rings. The Hall–Kier alpha value is -7.36. The van der Waals surface area contributed by atoms with Gasteiger partial charge in [0.2, 0.25) is 0 Å². The lowest BCUT2D eigenvalue weighted by atomic mass is 9.94. The van der Waals surface area contributed by atoms with E-state index < -0.39 is 0 Å². The first-order valence-electron chi connectivity index (χ1n) is 18.8. The summed E-state index contributed by atoms with van der Waals surface area (Å²) in [6, 6.07) is 70.3. The van der Waals surface area contributed by atoms with Gasteiger partial charge in [0.15, 0.2) is 11.5 Å². The Morgan fingerprint density at radius 3 is 1.69 bits per heavy atom. The molecular formula is C52H32N2O. The summed E-state index contributed by atoms with van der Waals surface area (Å²) >= 11 is 0. The van der Waals surface area contributed by atoms with E-state index in [9.17, 15) is 0 Å². The van der Waals surface area contributed by atoms with E-state index in [-0.39, 0.29) is 0 Å². The van der Waals surface area contributed by atoms with Crippen LogP contribution in [0.3, 0.4) is 0 Å². The third-order valence-corrected chi connectivity index (χ3v) is 11.5. The summed E-state index contributed by atoms with van der Waals surface area (Å²) < 4.78 is 9.21. The molecule has 0 amide bonds. The topological polar surface area (TPSA) is 17.4 Å². The summed E-state index contributed by atoms with van der Waals surface area (Å²) in [6.45, 7) is 0. The van der Waals surface area contributed by atoms with Crippen LogP contribution in [-0.2, 0) is 0 Å². The molecule has 1 aliphatic heterocycles. The number of benzene rings is 10. The highest BCUT2D eigenvalue weighted by Gasteiger charge is 2.28. The van der Waals surface area contributed by atoms with Crippen LogP contribution < -0.4 is 9.64 Å². The number of rotatable bonds is 3. The fourth-order valence-corrected chi connectivity index (χ4v) is 9.03. The first kappa shape index (κ1) is 30.1. The molecule has 3 nitrogen and oxygen atoms in total. The van der Waals surface area contributed by atoms with Crippen LogP contribution in [0.25, 0.3) is 81.7 Å². The molecule has 0 saturated carbocycles. The number of para-hydroxylation sites is 2. The Kier molecular flexibility index (Phi) is 6.34. The Balaban J connectivity index is 1.06. The zero-order valence-corrected chi connectivity index (χ0v) is 29.8. The monoisotopic (exact) mass is 700 g/mol. The van der Waals surface area contributed by atoms with E-state index >= 15 is 0 Å². The maximum absolute atomic E-state index is 6.77. The molecule has 12 rings (SSSR count). The van der Waals surface area contributed by atoms with Crippen LogP contribution in [0.1, 0.15) is 0 Å². The van der Waals surface area contributed by atoms with E-state index in [4.69, 9.17) is 4.74 Å². The maximum atomic E-state index is 6.77. The molecule has 3 heteroatoms. The van der Waals surface area contributed by atoms with Crippen LogP contribution in [-0.4, -0.2) is 4.57 Å². The number of ether oxygens (including phenoxy) is 1. The molecule has 10 aromatic carbocycles. The standard InChI is InChI=1S/C52H32N2O/c1-2-13-36(14-3-1)53-48-28-23-33-12-4-5-15-38(33)52(48)55-51-29-24-35(31-50(51)53)34-22-26-45-44-20-10-11-21-47(44)54(49(45)30-34)37-25-27-43-41-18-7-6-16-39(41)40-17-8-9-19-42(40)46(43)32-37/h1-32H. The molecule has 0 bridgehead atoms. The zero-order valence-electron chi connectivity index (χ0n) is 29.8. The predicted molar refractivity (Wildman–Crippen MR) is 231 cm³/mol. The smallest absolute Gasteiger partial charge is 0.159 e. The molecule has 0 atom stereocenters. The number of hydrogen-bond acceptors (Lipinski definition) is 2. The van der Waals surface area contributed by atoms with Crippen molar-refractivity contribution in [3.05, 3.63) is 194 Å². The summed E-state index contributed by atoms with van der Waals surface area (Å²) in [5, 5.41) is 12.4. The number of fused-ring (bicyclic) bond motifs is 13. The lowest BCUT2D eigenvalue weighted by Crippen LogP contribution is -2.16. The van der Waals surface area contributed by atoms with Crippen LogP contribution >= 0.6 is 0 Å². The van der Waals surface area contributed by atoms with Crippen LogP contribution in [0.2, 0.25) is 0 Å². The lowest BCUT2D eigenvalue weighted by Gasteiger charge is -2.34. The van der Waals surface area contributed by atoms with Crippen LogP contribution in [0.15, 0.2) is 194 Å². The fraction of sp³-hybridized carbons (Fsp3) is 0. The van der Waals surface area contributed by atoms with E-state index in [1.165, 1.54) is 54.1 Å². The minimum atomic E-state index is 0.836. The molecule has 0 N–H and O–H groups in total. The van der Waals surface area contributed by atoms with Gasteiger partial charge in [-0.3, -0.25) is 0 Å². The largest absolute Gasteiger partial charge is 0.452 e. The maximum Gasteiger partial charge on any atom is 0.159 e. The molecule has 256 valence electrons. The van der Waals surface area contributed by atoms with Crippen molar-refractivity contribution in [1.82, 2.24) is 4.57 Å². The highest BCUT2D eigenvalue weighted by molar-refractivity contribution is 6.25. The van der Waals surface area contributed by atoms with Crippen molar-refractivity contribution < 1.29 is 4.74 Å². The predicted octanol–water partition coefficient (Wildman–Crippen LogP) is 14.6. The first-order chi connectivity index (χ1) is 27.3. The van der Waals surface area contributed by atoms with Gasteiger partial charge in [0, 0.05) is 27.5 Å². The average Bonchev–Trinajstić information content (AvgIpc) is 3.59. The van der Waals surface area contributed by atoms with Gasteiger partial charge in [-0.15, -0.1) is 0 Å². The summed E-state index contributed by atoms with van der Waals surface area (Å²) in [7, 11) is 0. The van der Waals surface area contributed by atoms with Crippen molar-refractivity contribution >= 4 is 82.0 Å². The van der Waals surface area contributed by atoms with Crippen LogP contribution in [0.5, 0.6) is 11.5 Å². The normalized spacial score (nSPS) is 12.5. The average molecular weight is 701 g/mol. The molecule has 0 saturated heterocycles. The fourth-order valence-electron chi connectivity index (χ4n) is 9.03. The molecule has 0 aliphatic carbocycles. The van der Waals surface area contributed by atoms with Crippen molar-refractivity contribution in [2.45, 2.75) is 0 Å². The Morgan fingerprint density at radius 1 is 0.327 bits per heavy atom. The molecule has 0 radical (unpaired) electrons. The Bertz CT molecular complexity index is 3320. The second kappa shape index (κ2) is 11.6. The molecule has 1 aromatic heterocycles. The highest BCUT2D eigenvalue weighted by Crippen LogP contribution is 2.53. The Labute approximate surface area is 317 Å². The van der Waals surface area contributed by atoms with Crippen molar-refractivity contribution in [3.8, 4) is 28.3 Å². The molecule has 55 heavy (non-hydrogen) atoms. The van der Waals surface area contributed by atoms with Crippen molar-refractivity contribution in [2.75, 3.05) is 4.90 Å². The first-order valence-corrected chi connectivity index (χ1v) is 18.8. The number of anilines is 3. The quantitative estimate of drug-likeness (QED) is 0.171. The van der Waals surface area contributed by atoms with E-state index in [2.05, 4.69) is 204 Å². The molecule has 11 aromatic rings. The van der Waals surface area contributed by atoms with Crippen molar-refractivity contribution in [2.24, 2.45) is 0 Å². The zero-order chi connectivity index (χ0) is 36.0. The second-order valence-corrected chi connectivity index (χ2v) is 14.5. The minimum Gasteiger partial charge on any atom is -0.452 e. The van der Waals surface area contributed by atoms with E-state index in [1.807, 2.05) is 0 Å². The molecular weight excluding hydrogens is 669 g/mol. The van der Waals surface area contributed by atoms with Gasteiger partial charge in [0.05, 0.1) is 22.4 Å². The molecule has 0 spiro atoms. The van der Waals surface area contributed by atoms with E-state index in [0.29, 0.717) is 0 Å².